The quantitative estimate of drug-likeness (QED) is 0.786. The van der Waals surface area contributed by atoms with Gasteiger partial charge in [-0.25, -0.2) is 14.6 Å². The molecule has 0 aliphatic carbocycles. The molecule has 0 atom stereocenters. The highest BCUT2D eigenvalue weighted by atomic mass is 15.4. The number of aryl methyl sites for hydroxylation is 1. The third-order valence-corrected chi connectivity index (χ3v) is 2.46. The minimum absolute atomic E-state index is 0.426. The van der Waals surface area contributed by atoms with Crippen LogP contribution in [0.25, 0.3) is 0 Å². The van der Waals surface area contributed by atoms with E-state index in [-0.39, 0.29) is 0 Å². The van der Waals surface area contributed by atoms with Crippen molar-refractivity contribution in [2.24, 2.45) is 7.05 Å². The number of aromatic nitrogens is 6. The molecule has 0 spiro atoms. The Morgan fingerprint density at radius 1 is 1.18 bits per heavy atom. The predicted molar refractivity (Wildman–Crippen MR) is 62.1 cm³/mol. The van der Waals surface area contributed by atoms with Crippen LogP contribution in [0.5, 0.6) is 0 Å². The molecular weight excluding hydrogens is 218 g/mol. The fourth-order valence-corrected chi connectivity index (χ4v) is 1.45. The monoisotopic (exact) mass is 235 g/mol. The van der Waals surface area contributed by atoms with E-state index in [0.717, 1.165) is 11.6 Å². The Labute approximate surface area is 99.9 Å². The van der Waals surface area contributed by atoms with Crippen molar-refractivity contribution < 1.29 is 0 Å². The summed E-state index contributed by atoms with van der Waals surface area (Å²) in [4.78, 5) is 8.40. The van der Waals surface area contributed by atoms with Crippen molar-refractivity contribution in [3.05, 3.63) is 24.3 Å². The molecule has 0 radical (unpaired) electrons. The van der Waals surface area contributed by atoms with E-state index < -0.39 is 0 Å². The van der Waals surface area contributed by atoms with Crippen molar-refractivity contribution in [2.75, 3.05) is 0 Å². The van der Waals surface area contributed by atoms with E-state index in [9.17, 15) is 0 Å². The first-order chi connectivity index (χ1) is 8.16. The Bertz CT molecular complexity index is 470. The number of rotatable bonds is 5. The lowest BCUT2D eigenvalue weighted by Crippen LogP contribution is -2.24. The van der Waals surface area contributed by atoms with E-state index in [0.29, 0.717) is 19.1 Å². The lowest BCUT2D eigenvalue weighted by molar-refractivity contribution is 0.525. The maximum Gasteiger partial charge on any atom is 0.148 e. The zero-order valence-electron chi connectivity index (χ0n) is 10.3. The molecule has 0 saturated carbocycles. The van der Waals surface area contributed by atoms with Crippen LogP contribution < -0.4 is 5.32 Å². The van der Waals surface area contributed by atoms with E-state index in [1.165, 1.54) is 6.33 Å². The summed E-state index contributed by atoms with van der Waals surface area (Å²) in [7, 11) is 1.87. The zero-order valence-corrected chi connectivity index (χ0v) is 10.3. The van der Waals surface area contributed by atoms with Gasteiger partial charge in [0.1, 0.15) is 30.8 Å². The van der Waals surface area contributed by atoms with Gasteiger partial charge in [-0.3, -0.25) is 4.68 Å². The van der Waals surface area contributed by atoms with E-state index >= 15 is 0 Å². The van der Waals surface area contributed by atoms with Crippen LogP contribution in [0.15, 0.2) is 12.7 Å². The molecule has 2 rings (SSSR count). The minimum Gasteiger partial charge on any atom is -0.308 e. The molecule has 0 fully saturated rings. The number of hydrogen-bond acceptors (Lipinski definition) is 5. The topological polar surface area (TPSA) is 73.5 Å². The lowest BCUT2D eigenvalue weighted by Gasteiger charge is -2.09. The van der Waals surface area contributed by atoms with Crippen LogP contribution in [-0.2, 0) is 20.1 Å². The Hall–Kier alpha value is -1.76. The first kappa shape index (κ1) is 11.7. The van der Waals surface area contributed by atoms with Crippen LogP contribution in [0, 0.1) is 0 Å². The molecule has 2 aromatic rings. The van der Waals surface area contributed by atoms with E-state index in [4.69, 9.17) is 0 Å². The molecule has 0 aliphatic rings. The van der Waals surface area contributed by atoms with Gasteiger partial charge in [-0.15, -0.1) is 0 Å². The van der Waals surface area contributed by atoms with E-state index in [2.05, 4.69) is 39.3 Å². The third-order valence-electron chi connectivity index (χ3n) is 2.46. The summed E-state index contributed by atoms with van der Waals surface area (Å²) in [6.07, 6.45) is 3.10. The van der Waals surface area contributed by atoms with Gasteiger partial charge in [-0.1, -0.05) is 13.8 Å². The second kappa shape index (κ2) is 5.05. The standard InChI is InChI=1S/C10H17N7/c1-8(2)11-4-9-12-7-15-17(9)5-10-13-6-14-16(10)3/h6-8,11H,4-5H2,1-3H3. The van der Waals surface area contributed by atoms with Gasteiger partial charge < -0.3 is 5.32 Å². The van der Waals surface area contributed by atoms with Gasteiger partial charge in [0, 0.05) is 13.1 Å². The van der Waals surface area contributed by atoms with Crippen LogP contribution in [0.1, 0.15) is 25.5 Å². The molecule has 7 heteroatoms. The largest absolute Gasteiger partial charge is 0.308 e. The predicted octanol–water partition coefficient (Wildman–Crippen LogP) is -0.0471. The molecule has 1 N–H and O–H groups in total. The summed E-state index contributed by atoms with van der Waals surface area (Å²) < 4.78 is 3.57. The molecule has 0 aromatic carbocycles. The summed E-state index contributed by atoms with van der Waals surface area (Å²) in [6.45, 7) is 5.49. The summed E-state index contributed by atoms with van der Waals surface area (Å²) in [5, 5.41) is 11.5. The van der Waals surface area contributed by atoms with Crippen molar-refractivity contribution in [1.29, 1.82) is 0 Å². The summed E-state index contributed by atoms with van der Waals surface area (Å²) in [5.41, 5.74) is 0. The Kier molecular flexibility index (Phi) is 3.48. The summed E-state index contributed by atoms with van der Waals surface area (Å²) in [6, 6.07) is 0.426. The molecule has 2 aromatic heterocycles. The van der Waals surface area contributed by atoms with Gasteiger partial charge >= 0.3 is 0 Å². The highest BCUT2D eigenvalue weighted by molar-refractivity contribution is 4.91. The fourth-order valence-electron chi connectivity index (χ4n) is 1.45. The smallest absolute Gasteiger partial charge is 0.148 e. The van der Waals surface area contributed by atoms with Gasteiger partial charge in [0.15, 0.2) is 0 Å². The van der Waals surface area contributed by atoms with Crippen LogP contribution in [0.3, 0.4) is 0 Å². The van der Waals surface area contributed by atoms with Gasteiger partial charge in [-0.2, -0.15) is 10.2 Å². The van der Waals surface area contributed by atoms with Gasteiger partial charge in [-0.05, 0) is 0 Å². The lowest BCUT2D eigenvalue weighted by atomic mass is 10.4. The molecule has 7 nitrogen and oxygen atoms in total. The van der Waals surface area contributed by atoms with Crippen LogP contribution in [0.4, 0.5) is 0 Å². The van der Waals surface area contributed by atoms with E-state index in [1.807, 2.05) is 11.7 Å². The third kappa shape index (κ3) is 2.88. The maximum absolute atomic E-state index is 4.23. The van der Waals surface area contributed by atoms with Crippen LogP contribution >= 0.6 is 0 Å². The van der Waals surface area contributed by atoms with Crippen LogP contribution in [0.2, 0.25) is 0 Å². The van der Waals surface area contributed by atoms with Crippen molar-refractivity contribution in [3.8, 4) is 0 Å². The minimum atomic E-state index is 0.426. The highest BCUT2D eigenvalue weighted by Gasteiger charge is 2.08. The van der Waals surface area contributed by atoms with Crippen molar-refractivity contribution in [3.63, 3.8) is 0 Å². The second-order valence-corrected chi connectivity index (χ2v) is 4.17. The molecule has 0 saturated heterocycles. The SMILES string of the molecule is CC(C)NCc1ncnn1Cc1ncnn1C. The van der Waals surface area contributed by atoms with E-state index in [1.54, 1.807) is 11.0 Å². The van der Waals surface area contributed by atoms with Gasteiger partial charge in [0.25, 0.3) is 0 Å². The fraction of sp³-hybridized carbons (Fsp3) is 0.600. The van der Waals surface area contributed by atoms with Crippen molar-refractivity contribution in [2.45, 2.75) is 33.0 Å². The Balaban J connectivity index is 2.06. The molecule has 0 amide bonds. The summed E-state index contributed by atoms with van der Waals surface area (Å²) in [5.74, 6) is 1.77. The Morgan fingerprint density at radius 2 is 1.88 bits per heavy atom. The first-order valence-electron chi connectivity index (χ1n) is 5.59. The first-order valence-corrected chi connectivity index (χ1v) is 5.59. The molecule has 0 aliphatic heterocycles. The number of nitrogens with zero attached hydrogens (tertiary/aromatic N) is 6. The molecule has 92 valence electrons. The number of hydrogen-bond donors (Lipinski definition) is 1. The van der Waals surface area contributed by atoms with Crippen molar-refractivity contribution >= 4 is 0 Å². The molecule has 0 unspecified atom stereocenters. The second-order valence-electron chi connectivity index (χ2n) is 4.17. The molecule has 2 heterocycles. The average Bonchev–Trinajstić information content (AvgIpc) is 2.87. The Morgan fingerprint density at radius 3 is 2.53 bits per heavy atom. The maximum atomic E-state index is 4.23. The van der Waals surface area contributed by atoms with Crippen LogP contribution in [-0.4, -0.2) is 35.6 Å². The summed E-state index contributed by atoms with van der Waals surface area (Å²) >= 11 is 0. The molecular formula is C10H17N7. The highest BCUT2D eigenvalue weighted by Crippen LogP contribution is 2.00. The zero-order chi connectivity index (χ0) is 12.3. The van der Waals surface area contributed by atoms with Gasteiger partial charge in [0.2, 0.25) is 0 Å². The molecule has 17 heavy (non-hydrogen) atoms. The normalized spacial score (nSPS) is 11.3. The van der Waals surface area contributed by atoms with Crippen molar-refractivity contribution in [1.82, 2.24) is 34.8 Å². The van der Waals surface area contributed by atoms with Gasteiger partial charge in [0.05, 0.1) is 6.54 Å². The average molecular weight is 235 g/mol. The molecule has 0 bridgehead atoms. The number of nitrogens with one attached hydrogen (secondary N) is 1.